The molecule has 0 N–H and O–H groups in total. The van der Waals surface area contributed by atoms with Crippen LogP contribution in [-0.4, -0.2) is 29.9 Å². The molecule has 2 aliphatic heterocycles. The van der Waals surface area contributed by atoms with Crippen LogP contribution in [-0.2, 0) is 21.0 Å². The average molecular weight is 855 g/mol. The predicted molar refractivity (Wildman–Crippen MR) is 195 cm³/mol. The van der Waals surface area contributed by atoms with Crippen LogP contribution in [0, 0.1) is 0 Å². The molecule has 9 rings (SSSR count). The Morgan fingerprint density at radius 2 is 0.540 bits per heavy atom. The summed E-state index contributed by atoms with van der Waals surface area (Å²) < 4.78 is 8.19. The summed E-state index contributed by atoms with van der Waals surface area (Å²) in [6.45, 7) is 0. The van der Waals surface area contributed by atoms with Gasteiger partial charge in [0.25, 0.3) is 0 Å². The van der Waals surface area contributed by atoms with Crippen molar-refractivity contribution in [3.05, 3.63) is 88.7 Å². The molecule has 0 atom stereocenters. The van der Waals surface area contributed by atoms with Crippen molar-refractivity contribution in [2.75, 3.05) is 0 Å². The van der Waals surface area contributed by atoms with Crippen molar-refractivity contribution in [1.82, 2.24) is 39.9 Å². The fraction of sp³-hybridized carbons (Fsp3) is 0. The monoisotopic (exact) mass is 851 g/mol. The van der Waals surface area contributed by atoms with Gasteiger partial charge in [0.1, 0.15) is 0 Å². The van der Waals surface area contributed by atoms with E-state index in [1.807, 2.05) is 0 Å². The van der Waals surface area contributed by atoms with Gasteiger partial charge in [-0.3, -0.25) is 0 Å². The van der Waals surface area contributed by atoms with E-state index in [2.05, 4.69) is 0 Å². The Hall–Kier alpha value is -3.06. The van der Waals surface area contributed by atoms with Crippen molar-refractivity contribution in [1.29, 1.82) is 0 Å². The number of benzene rings is 4. The van der Waals surface area contributed by atoms with Gasteiger partial charge in [0.15, 0.2) is 0 Å². The zero-order chi connectivity index (χ0) is 35.2. The van der Waals surface area contributed by atoms with Gasteiger partial charge in [-0.2, -0.15) is 0 Å². The Balaban J connectivity index is 0.00000177. The molecule has 0 spiro atoms. The topological polar surface area (TPSA) is 123 Å². The van der Waals surface area contributed by atoms with Crippen LogP contribution in [0.4, 0.5) is 0 Å². The first-order chi connectivity index (χ1) is 24.1. The zero-order valence-electron chi connectivity index (χ0n) is 24.1. The second-order valence-electron chi connectivity index (χ2n) is 10.6. The van der Waals surface area contributed by atoms with E-state index in [-0.39, 0.29) is 45.9 Å². The standard InChI is InChI=1S/C32H8Cl8N8.O.V/c33-9-1-2-10(34)18-17(9)25-41-26(18)46-28-21-13(37)5-6-14(38)22(21)30(43-28)48-32-24-16(40)8-7-15(39)23(24)31(44-32)47-29-20-12(36)4-3-11(35)19(20)27(42-29)45-25;;/h1-8H;;/q-2;;+2. The molecular formula is C32H8Cl8N8OV. The van der Waals surface area contributed by atoms with Crippen molar-refractivity contribution in [2.45, 2.75) is 0 Å². The van der Waals surface area contributed by atoms with Gasteiger partial charge in [-0.1, -0.05) is 92.8 Å². The summed E-state index contributed by atoms with van der Waals surface area (Å²) >= 11 is 55.0. The summed E-state index contributed by atoms with van der Waals surface area (Å²) in [6.07, 6.45) is 0. The molecular weight excluding hydrogens is 847 g/mol. The molecule has 2 aliphatic rings. The number of hydrogen-bond donors (Lipinski definition) is 0. The third kappa shape index (κ3) is 5.22. The fourth-order valence-electron chi connectivity index (χ4n) is 5.85. The number of hydrogen-bond acceptors (Lipinski definition) is 7. The molecule has 8 bridgehead atoms. The van der Waals surface area contributed by atoms with Crippen LogP contribution in [0.3, 0.4) is 0 Å². The predicted octanol–water partition coefficient (Wildman–Crippen LogP) is 11.2. The molecule has 0 saturated carbocycles. The summed E-state index contributed by atoms with van der Waals surface area (Å²) in [5.74, 6) is 0.682. The van der Waals surface area contributed by atoms with Gasteiger partial charge < -0.3 is 29.9 Å². The van der Waals surface area contributed by atoms with E-state index >= 15 is 0 Å². The zero-order valence-corrected chi connectivity index (χ0v) is 31.5. The third-order valence-electron chi connectivity index (χ3n) is 7.90. The van der Waals surface area contributed by atoms with Gasteiger partial charge in [-0.15, -0.1) is 0 Å². The molecule has 5 heterocycles. The third-order valence-corrected chi connectivity index (χ3v) is 10.4. The van der Waals surface area contributed by atoms with E-state index in [1.54, 1.807) is 48.5 Å². The first-order valence-electron chi connectivity index (χ1n) is 13.9. The van der Waals surface area contributed by atoms with E-state index in [1.165, 1.54) is 0 Å². The Bertz CT molecular complexity index is 2460. The molecule has 50 heavy (non-hydrogen) atoms. The van der Waals surface area contributed by atoms with Crippen LogP contribution < -0.4 is 9.97 Å². The molecule has 0 aliphatic carbocycles. The van der Waals surface area contributed by atoms with Crippen LogP contribution in [0.15, 0.2) is 48.5 Å². The van der Waals surface area contributed by atoms with E-state index in [9.17, 15) is 0 Å². The molecule has 0 amide bonds. The van der Waals surface area contributed by atoms with Gasteiger partial charge >= 0.3 is 21.0 Å². The van der Waals surface area contributed by atoms with Gasteiger partial charge in [0.2, 0.25) is 0 Å². The molecule has 0 radical (unpaired) electrons. The quantitative estimate of drug-likeness (QED) is 0.147. The molecule has 0 fully saturated rings. The molecule has 3 aromatic heterocycles. The Kier molecular flexibility index (Phi) is 8.76. The Morgan fingerprint density at radius 1 is 0.340 bits per heavy atom. The van der Waals surface area contributed by atoms with Gasteiger partial charge in [0, 0.05) is 86.5 Å². The summed E-state index contributed by atoms with van der Waals surface area (Å²) in [5.41, 5.74) is 2.40. The summed E-state index contributed by atoms with van der Waals surface area (Å²) in [6, 6.07) is 13.1. The fourth-order valence-corrected chi connectivity index (χ4v) is 7.79. The number of nitrogens with zero attached hydrogens (tertiary/aromatic N) is 8. The second kappa shape index (κ2) is 12.9. The van der Waals surface area contributed by atoms with Crippen molar-refractivity contribution in [3.8, 4) is 45.6 Å². The van der Waals surface area contributed by atoms with Gasteiger partial charge in [-0.25, -0.2) is 9.97 Å². The van der Waals surface area contributed by atoms with Crippen molar-refractivity contribution in [2.24, 2.45) is 0 Å². The number of fused-ring (bicyclic) bond motifs is 20. The van der Waals surface area contributed by atoms with Gasteiger partial charge in [0.05, 0.1) is 43.4 Å². The summed E-state index contributed by atoms with van der Waals surface area (Å²) in [5, 5.41) is 4.34. The molecule has 0 saturated heterocycles. The first kappa shape index (κ1) is 34.1. The number of aromatic nitrogens is 8. The van der Waals surface area contributed by atoms with Crippen LogP contribution in [0.5, 0.6) is 0 Å². The Morgan fingerprint density at radius 3 is 0.760 bits per heavy atom. The van der Waals surface area contributed by atoms with E-state index < -0.39 is 0 Å². The second-order valence-corrected chi connectivity index (χ2v) is 13.9. The minimum atomic E-state index is 0.171. The molecule has 9 nitrogen and oxygen atoms in total. The SMILES string of the molecule is Clc1ccc(Cl)c2c1-c1nc-2nc2[n-]c(nc3nc(nc4[n-]c(n1)c1c(Cl)ccc(Cl)c41)-c1c(Cl)ccc(Cl)c1-3)c1c(Cl)ccc(Cl)c21.[O]=[V+2]. The number of rotatable bonds is 0. The normalized spacial score (nSPS) is 11.8. The molecule has 18 heteroatoms. The maximum absolute atomic E-state index is 8.19. The summed E-state index contributed by atoms with van der Waals surface area (Å²) in [4.78, 5) is 38.4. The van der Waals surface area contributed by atoms with Gasteiger partial charge in [-0.05, 0) is 48.5 Å². The molecule has 0 unspecified atom stereocenters. The van der Waals surface area contributed by atoms with Crippen LogP contribution in [0.2, 0.25) is 40.2 Å². The van der Waals surface area contributed by atoms with Crippen LogP contribution in [0.25, 0.3) is 89.7 Å². The minimum absolute atomic E-state index is 0.171. The number of halogens is 8. The Labute approximate surface area is 329 Å². The van der Waals surface area contributed by atoms with E-state index in [4.69, 9.17) is 136 Å². The first-order valence-corrected chi connectivity index (χ1v) is 17.5. The average Bonchev–Trinajstić information content (AvgIpc) is 3.85. The molecule has 243 valence electrons. The van der Waals surface area contributed by atoms with E-state index in [0.717, 1.165) is 17.4 Å². The van der Waals surface area contributed by atoms with Crippen molar-refractivity contribution < 1.29 is 21.0 Å². The molecule has 7 aromatic rings. The van der Waals surface area contributed by atoms with Crippen molar-refractivity contribution >= 4 is 137 Å². The maximum atomic E-state index is 8.19. The van der Waals surface area contributed by atoms with Crippen LogP contribution >= 0.6 is 92.8 Å². The van der Waals surface area contributed by atoms with E-state index in [0.29, 0.717) is 84.0 Å². The summed E-state index contributed by atoms with van der Waals surface area (Å²) in [7, 11) is 0. The molecule has 4 aromatic carbocycles. The van der Waals surface area contributed by atoms with Crippen molar-refractivity contribution in [3.63, 3.8) is 0 Å². The van der Waals surface area contributed by atoms with Crippen LogP contribution in [0.1, 0.15) is 0 Å².